The lowest BCUT2D eigenvalue weighted by atomic mass is 10.1. The fourth-order valence-electron chi connectivity index (χ4n) is 2.31. The van der Waals surface area contributed by atoms with E-state index in [9.17, 15) is 24.1 Å². The highest BCUT2D eigenvalue weighted by Crippen LogP contribution is 2.21. The third-order valence-electron chi connectivity index (χ3n) is 3.63. The number of rotatable bonds is 4. The summed E-state index contributed by atoms with van der Waals surface area (Å²) in [5.41, 5.74) is 5.15. The molecule has 0 saturated heterocycles. The van der Waals surface area contributed by atoms with Gasteiger partial charge < -0.3 is 0 Å². The van der Waals surface area contributed by atoms with E-state index in [1.54, 1.807) is 0 Å². The molecule has 3 rings (SSSR count). The van der Waals surface area contributed by atoms with Crippen molar-refractivity contribution < 1.29 is 18.9 Å². The summed E-state index contributed by atoms with van der Waals surface area (Å²) in [4.78, 5) is 34.5. The van der Waals surface area contributed by atoms with Gasteiger partial charge in [-0.15, -0.1) is 0 Å². The quantitative estimate of drug-likeness (QED) is 0.479. The van der Waals surface area contributed by atoms with Crippen LogP contribution in [-0.4, -0.2) is 26.9 Å². The number of non-ortho nitro benzene ring substituents is 1. The van der Waals surface area contributed by atoms with Crippen molar-refractivity contribution in [3.05, 3.63) is 81.8 Å². The minimum absolute atomic E-state index is 0.00968. The van der Waals surface area contributed by atoms with Crippen LogP contribution in [0.3, 0.4) is 0 Å². The zero-order chi connectivity index (χ0) is 19.4. The van der Waals surface area contributed by atoms with Crippen molar-refractivity contribution in [1.29, 1.82) is 0 Å². The Morgan fingerprint density at radius 1 is 1.07 bits per heavy atom. The molecule has 0 radical (unpaired) electrons. The molecule has 0 fully saturated rings. The van der Waals surface area contributed by atoms with Crippen molar-refractivity contribution in [2.75, 3.05) is 0 Å². The zero-order valence-electron chi connectivity index (χ0n) is 13.6. The maximum absolute atomic E-state index is 13.0. The van der Waals surface area contributed by atoms with E-state index in [-0.39, 0.29) is 16.8 Å². The van der Waals surface area contributed by atoms with Crippen molar-refractivity contribution in [2.24, 2.45) is 0 Å². The number of halogens is 1. The number of hydrazine groups is 1. The average molecular weight is 369 g/mol. The molecule has 0 aliphatic heterocycles. The highest BCUT2D eigenvalue weighted by atomic mass is 19.1. The van der Waals surface area contributed by atoms with Crippen molar-refractivity contribution in [3.63, 3.8) is 0 Å². The smallest absolute Gasteiger partial charge is 0.273 e. The van der Waals surface area contributed by atoms with Crippen LogP contribution in [0.25, 0.3) is 11.3 Å². The van der Waals surface area contributed by atoms with Crippen molar-refractivity contribution in [3.8, 4) is 11.3 Å². The summed E-state index contributed by atoms with van der Waals surface area (Å²) in [5, 5.41) is 17.2. The molecule has 0 bridgehead atoms. The van der Waals surface area contributed by atoms with Gasteiger partial charge in [0.15, 0.2) is 0 Å². The number of aromatic nitrogens is 2. The molecule has 0 atom stereocenters. The second-order valence-electron chi connectivity index (χ2n) is 5.38. The largest absolute Gasteiger partial charge is 0.277 e. The molecule has 0 unspecified atom stereocenters. The van der Waals surface area contributed by atoms with Gasteiger partial charge in [0.1, 0.15) is 5.82 Å². The maximum atomic E-state index is 13.0. The Bertz CT molecular complexity index is 1020. The Hall–Kier alpha value is -4.08. The molecule has 2 aromatic carbocycles. The van der Waals surface area contributed by atoms with E-state index in [4.69, 9.17) is 0 Å². The van der Waals surface area contributed by atoms with Gasteiger partial charge in [0.2, 0.25) is 0 Å². The van der Waals surface area contributed by atoms with E-state index in [0.717, 1.165) is 6.07 Å². The van der Waals surface area contributed by atoms with Gasteiger partial charge in [-0.3, -0.25) is 35.7 Å². The molecule has 27 heavy (non-hydrogen) atoms. The summed E-state index contributed by atoms with van der Waals surface area (Å²) in [6.45, 7) is 0. The SMILES string of the molecule is O=C(NNC(=O)c1cn[nH]c1-c1ccc(F)cc1)c1cccc([N+](=O)[O-])c1. The molecule has 0 aliphatic rings. The van der Waals surface area contributed by atoms with Gasteiger partial charge in [0.25, 0.3) is 17.5 Å². The number of amides is 2. The number of hydrogen-bond donors (Lipinski definition) is 3. The number of benzene rings is 2. The highest BCUT2D eigenvalue weighted by Gasteiger charge is 2.17. The van der Waals surface area contributed by atoms with Crippen LogP contribution in [0, 0.1) is 15.9 Å². The first kappa shape index (κ1) is 17.7. The van der Waals surface area contributed by atoms with Crippen molar-refractivity contribution in [1.82, 2.24) is 21.0 Å². The van der Waals surface area contributed by atoms with E-state index in [0.29, 0.717) is 11.3 Å². The number of aromatic amines is 1. The zero-order valence-corrected chi connectivity index (χ0v) is 13.6. The number of hydrogen-bond acceptors (Lipinski definition) is 5. The summed E-state index contributed by atoms with van der Waals surface area (Å²) < 4.78 is 13.0. The monoisotopic (exact) mass is 369 g/mol. The Balaban J connectivity index is 1.71. The maximum Gasteiger partial charge on any atom is 0.273 e. The van der Waals surface area contributed by atoms with Crippen LogP contribution < -0.4 is 10.9 Å². The van der Waals surface area contributed by atoms with Crippen LogP contribution in [-0.2, 0) is 0 Å². The Kier molecular flexibility index (Phi) is 4.88. The van der Waals surface area contributed by atoms with Gasteiger partial charge in [0, 0.05) is 23.3 Å². The molecule has 0 aliphatic carbocycles. The van der Waals surface area contributed by atoms with Crippen molar-refractivity contribution >= 4 is 17.5 Å². The lowest BCUT2D eigenvalue weighted by Crippen LogP contribution is -2.41. The predicted octanol–water partition coefficient (Wildman–Crippen LogP) is 2.20. The lowest BCUT2D eigenvalue weighted by molar-refractivity contribution is -0.384. The van der Waals surface area contributed by atoms with Gasteiger partial charge in [-0.2, -0.15) is 5.10 Å². The van der Waals surface area contributed by atoms with Crippen LogP contribution in [0.15, 0.2) is 54.7 Å². The normalized spacial score (nSPS) is 10.3. The van der Waals surface area contributed by atoms with Crippen LogP contribution in [0.4, 0.5) is 10.1 Å². The molecule has 0 saturated carbocycles. The predicted molar refractivity (Wildman–Crippen MR) is 92.0 cm³/mol. The summed E-state index contributed by atoms with van der Waals surface area (Å²) in [7, 11) is 0. The Morgan fingerprint density at radius 3 is 2.48 bits per heavy atom. The minimum atomic E-state index is -0.723. The van der Waals surface area contributed by atoms with Gasteiger partial charge in [0.05, 0.1) is 22.4 Å². The second-order valence-corrected chi connectivity index (χ2v) is 5.38. The summed E-state index contributed by atoms with van der Waals surface area (Å²) in [6.07, 6.45) is 1.26. The molecule has 3 aromatic rings. The molecular weight excluding hydrogens is 357 g/mol. The standard InChI is InChI=1S/C17H12FN5O4/c18-12-6-4-10(5-7-12)15-14(9-19-20-15)17(25)22-21-16(24)11-2-1-3-13(8-11)23(26)27/h1-9H,(H,19,20)(H,21,24)(H,22,25). The molecule has 9 nitrogen and oxygen atoms in total. The topological polar surface area (TPSA) is 130 Å². The lowest BCUT2D eigenvalue weighted by Gasteiger charge is -2.08. The third-order valence-corrected chi connectivity index (χ3v) is 3.63. The highest BCUT2D eigenvalue weighted by molar-refractivity contribution is 6.02. The molecule has 0 spiro atoms. The molecule has 136 valence electrons. The van der Waals surface area contributed by atoms with Gasteiger partial charge >= 0.3 is 0 Å². The van der Waals surface area contributed by atoms with Crippen LogP contribution in [0.5, 0.6) is 0 Å². The van der Waals surface area contributed by atoms with Crippen LogP contribution in [0.2, 0.25) is 0 Å². The van der Waals surface area contributed by atoms with Gasteiger partial charge in [-0.25, -0.2) is 4.39 Å². The molecule has 3 N–H and O–H groups in total. The van der Waals surface area contributed by atoms with E-state index in [1.807, 2.05) is 0 Å². The van der Waals surface area contributed by atoms with Crippen LogP contribution >= 0.6 is 0 Å². The van der Waals surface area contributed by atoms with Crippen LogP contribution in [0.1, 0.15) is 20.7 Å². The second kappa shape index (κ2) is 7.44. The van der Waals surface area contributed by atoms with Gasteiger partial charge in [-0.1, -0.05) is 6.07 Å². The van der Waals surface area contributed by atoms with E-state index >= 15 is 0 Å². The Morgan fingerprint density at radius 2 is 1.78 bits per heavy atom. The summed E-state index contributed by atoms with van der Waals surface area (Å²) in [6, 6.07) is 10.5. The fraction of sp³-hybridized carbons (Fsp3) is 0. The number of carbonyl (C=O) groups is 2. The number of carbonyl (C=O) groups excluding carboxylic acids is 2. The average Bonchev–Trinajstić information content (AvgIpc) is 3.16. The Labute approximate surface area is 151 Å². The summed E-state index contributed by atoms with van der Waals surface area (Å²) in [5.74, 6) is -1.81. The molecular formula is C17H12FN5O4. The molecule has 1 aromatic heterocycles. The number of nitrogens with zero attached hydrogens (tertiary/aromatic N) is 2. The number of H-pyrrole nitrogens is 1. The minimum Gasteiger partial charge on any atom is -0.277 e. The molecule has 10 heteroatoms. The van der Waals surface area contributed by atoms with Gasteiger partial charge in [-0.05, 0) is 30.3 Å². The number of nitrogens with one attached hydrogen (secondary N) is 3. The first-order valence-corrected chi connectivity index (χ1v) is 7.60. The molecule has 2 amide bonds. The first-order valence-electron chi connectivity index (χ1n) is 7.60. The van der Waals surface area contributed by atoms with E-state index < -0.39 is 22.6 Å². The van der Waals surface area contributed by atoms with E-state index in [2.05, 4.69) is 21.0 Å². The number of nitro benzene ring substituents is 1. The molecule has 1 heterocycles. The van der Waals surface area contributed by atoms with Crippen molar-refractivity contribution in [2.45, 2.75) is 0 Å². The van der Waals surface area contributed by atoms with E-state index in [1.165, 1.54) is 48.7 Å². The fourth-order valence-corrected chi connectivity index (χ4v) is 2.31. The first-order chi connectivity index (χ1) is 13.0. The number of nitro groups is 1. The summed E-state index contributed by atoms with van der Waals surface area (Å²) >= 11 is 0. The third kappa shape index (κ3) is 3.95.